The molecule has 3 rings (SSSR count). The molecule has 10 nitrogen and oxygen atoms in total. The molecule has 0 saturated heterocycles. The molecule has 0 unspecified atom stereocenters. The molecule has 0 atom stereocenters. The summed E-state index contributed by atoms with van der Waals surface area (Å²) in [6.07, 6.45) is 9.81. The Labute approximate surface area is 233 Å². The van der Waals surface area contributed by atoms with E-state index < -0.39 is 0 Å². The Kier molecular flexibility index (Phi) is 14.4. The van der Waals surface area contributed by atoms with Crippen molar-refractivity contribution in [3.63, 3.8) is 0 Å². The first kappa shape index (κ1) is 30.6. The molecular weight excluding hydrogens is 494 g/mol. The Balaban J connectivity index is 1.34. The van der Waals surface area contributed by atoms with Crippen LogP contribution in [0.4, 0.5) is 17.8 Å². The number of nitrogens with one attached hydrogen (secondary N) is 4. The van der Waals surface area contributed by atoms with Gasteiger partial charge in [0, 0.05) is 31.2 Å². The molecule has 1 aliphatic rings. The van der Waals surface area contributed by atoms with Gasteiger partial charge in [0.1, 0.15) is 0 Å². The average Bonchev–Trinajstić information content (AvgIpc) is 2.91. The van der Waals surface area contributed by atoms with Crippen LogP contribution in [-0.2, 0) is 9.47 Å². The van der Waals surface area contributed by atoms with Crippen LogP contribution in [0.1, 0.15) is 75.6 Å². The predicted molar refractivity (Wildman–Crippen MR) is 156 cm³/mol. The van der Waals surface area contributed by atoms with E-state index in [1.807, 2.05) is 18.2 Å². The molecule has 0 aliphatic heterocycles. The number of carbonyl (C=O) groups excluding carboxylic acids is 1. The summed E-state index contributed by atoms with van der Waals surface area (Å²) in [6.45, 7) is 8.15. The molecule has 1 aromatic heterocycles. The van der Waals surface area contributed by atoms with Gasteiger partial charge in [0.2, 0.25) is 17.8 Å². The van der Waals surface area contributed by atoms with Crippen LogP contribution in [0.2, 0.25) is 0 Å². The maximum atomic E-state index is 12.0. The molecule has 0 bridgehead atoms. The number of anilines is 3. The van der Waals surface area contributed by atoms with Crippen molar-refractivity contribution in [2.45, 2.75) is 71.3 Å². The Bertz CT molecular complexity index is 938. The van der Waals surface area contributed by atoms with Gasteiger partial charge in [-0.15, -0.1) is 0 Å². The molecule has 0 spiro atoms. The van der Waals surface area contributed by atoms with Crippen LogP contribution in [0, 0.1) is 5.92 Å². The summed E-state index contributed by atoms with van der Waals surface area (Å²) in [5.41, 5.74) is 0.646. The number of rotatable bonds is 17. The Morgan fingerprint density at radius 1 is 0.795 bits per heavy atom. The van der Waals surface area contributed by atoms with Crippen molar-refractivity contribution in [3.05, 3.63) is 35.9 Å². The Hall–Kier alpha value is -2.98. The van der Waals surface area contributed by atoms with Gasteiger partial charge in [-0.1, -0.05) is 64.2 Å². The van der Waals surface area contributed by atoms with Gasteiger partial charge in [0.25, 0.3) is 5.91 Å². The number of amides is 1. The van der Waals surface area contributed by atoms with Crippen LogP contribution in [-0.4, -0.2) is 73.0 Å². The lowest BCUT2D eigenvalue weighted by atomic mass is 9.97. The summed E-state index contributed by atoms with van der Waals surface area (Å²) in [5, 5.41) is 13.0. The Morgan fingerprint density at radius 2 is 1.38 bits per heavy atom. The molecule has 1 aromatic carbocycles. The fourth-order valence-electron chi connectivity index (χ4n) is 4.34. The highest BCUT2D eigenvalue weighted by Gasteiger charge is 2.14. The summed E-state index contributed by atoms with van der Waals surface area (Å²) in [6, 6.07) is 9.55. The molecular formula is C29H47N7O3. The second-order valence-corrected chi connectivity index (χ2v) is 10.4. The first-order valence-corrected chi connectivity index (χ1v) is 14.6. The third kappa shape index (κ3) is 13.1. The second kappa shape index (κ2) is 18.3. The zero-order valence-electron chi connectivity index (χ0n) is 23.7. The fourth-order valence-corrected chi connectivity index (χ4v) is 4.34. The van der Waals surface area contributed by atoms with Crippen molar-refractivity contribution in [1.29, 1.82) is 0 Å². The van der Waals surface area contributed by atoms with E-state index in [2.05, 4.69) is 50.1 Å². The number of ether oxygens (including phenoxy) is 2. The molecule has 4 N–H and O–H groups in total. The van der Waals surface area contributed by atoms with E-state index in [1.165, 1.54) is 32.1 Å². The number of benzene rings is 1. The van der Waals surface area contributed by atoms with E-state index in [4.69, 9.17) is 9.47 Å². The topological polar surface area (TPSA) is 122 Å². The first-order chi connectivity index (χ1) is 19.1. The molecule has 1 saturated carbocycles. The predicted octanol–water partition coefficient (Wildman–Crippen LogP) is 4.73. The lowest BCUT2D eigenvalue weighted by Crippen LogP contribution is -2.27. The van der Waals surface area contributed by atoms with E-state index >= 15 is 0 Å². The Morgan fingerprint density at radius 3 is 2.05 bits per heavy atom. The fraction of sp³-hybridized carbons (Fsp3) is 0.655. The van der Waals surface area contributed by atoms with Crippen molar-refractivity contribution in [3.8, 4) is 0 Å². The van der Waals surface area contributed by atoms with Gasteiger partial charge in [0.05, 0.1) is 26.4 Å². The van der Waals surface area contributed by atoms with Crippen LogP contribution in [0.5, 0.6) is 0 Å². The quantitative estimate of drug-likeness (QED) is 0.211. The number of carbonyl (C=O) groups is 1. The largest absolute Gasteiger partial charge is 0.377 e. The van der Waals surface area contributed by atoms with Gasteiger partial charge < -0.3 is 30.7 Å². The minimum atomic E-state index is -0.0961. The number of hydrogen-bond acceptors (Lipinski definition) is 9. The molecule has 1 fully saturated rings. The van der Waals surface area contributed by atoms with Gasteiger partial charge in [-0.25, -0.2) is 0 Å². The molecule has 1 aliphatic carbocycles. The van der Waals surface area contributed by atoms with Crippen LogP contribution >= 0.6 is 0 Å². The van der Waals surface area contributed by atoms with E-state index in [-0.39, 0.29) is 5.91 Å². The van der Waals surface area contributed by atoms with Gasteiger partial charge in [-0.2, -0.15) is 15.0 Å². The lowest BCUT2D eigenvalue weighted by molar-refractivity contribution is 0.0519. The number of aromatic nitrogens is 3. The van der Waals surface area contributed by atoms with E-state index in [0.29, 0.717) is 74.9 Å². The molecule has 1 heterocycles. The zero-order valence-corrected chi connectivity index (χ0v) is 23.7. The maximum absolute atomic E-state index is 12.0. The van der Waals surface area contributed by atoms with Gasteiger partial charge >= 0.3 is 0 Å². The van der Waals surface area contributed by atoms with Crippen LogP contribution in [0.25, 0.3) is 0 Å². The first-order valence-electron chi connectivity index (χ1n) is 14.6. The molecule has 1 amide bonds. The van der Waals surface area contributed by atoms with E-state index in [0.717, 1.165) is 25.8 Å². The van der Waals surface area contributed by atoms with E-state index in [9.17, 15) is 4.79 Å². The summed E-state index contributed by atoms with van der Waals surface area (Å²) in [7, 11) is 0. The summed E-state index contributed by atoms with van der Waals surface area (Å²) in [5.74, 6) is 2.27. The number of hydrogen-bond donors (Lipinski definition) is 4. The molecule has 2 aromatic rings. The molecule has 216 valence electrons. The standard InChI is InChI=1S/C29H47N7O3/c1-23(2)15-16-31-27-34-28(36-29(35-27)33-25-13-9-4-3-5-10-14-25)32-18-20-39-22-21-38-19-17-30-26(37)24-11-7-6-8-12-24/h6-8,11-12,23,25H,3-5,9-10,13-22H2,1-2H3,(H,30,37)(H3,31,32,33,34,35,36). The van der Waals surface area contributed by atoms with Crippen molar-refractivity contribution in [2.75, 3.05) is 62.0 Å². The van der Waals surface area contributed by atoms with Gasteiger partial charge in [-0.05, 0) is 37.3 Å². The normalized spacial score (nSPS) is 14.4. The summed E-state index contributed by atoms with van der Waals surface area (Å²) in [4.78, 5) is 25.8. The van der Waals surface area contributed by atoms with Crippen LogP contribution < -0.4 is 21.3 Å². The van der Waals surface area contributed by atoms with Gasteiger partial charge in [-0.3, -0.25) is 4.79 Å². The minimum absolute atomic E-state index is 0.0961. The maximum Gasteiger partial charge on any atom is 0.251 e. The third-order valence-electron chi connectivity index (χ3n) is 6.55. The molecule has 0 radical (unpaired) electrons. The van der Waals surface area contributed by atoms with Gasteiger partial charge in [0.15, 0.2) is 0 Å². The second-order valence-electron chi connectivity index (χ2n) is 10.4. The smallest absolute Gasteiger partial charge is 0.251 e. The highest BCUT2D eigenvalue weighted by molar-refractivity contribution is 5.94. The number of nitrogens with zero attached hydrogens (tertiary/aromatic N) is 3. The monoisotopic (exact) mass is 541 g/mol. The van der Waals surface area contributed by atoms with Crippen molar-refractivity contribution >= 4 is 23.8 Å². The highest BCUT2D eigenvalue weighted by atomic mass is 16.5. The zero-order chi connectivity index (χ0) is 27.5. The third-order valence-corrected chi connectivity index (χ3v) is 6.55. The SMILES string of the molecule is CC(C)CCNc1nc(NCCOCCOCCNC(=O)c2ccccc2)nc(NC2CCCCCCC2)n1. The highest BCUT2D eigenvalue weighted by Crippen LogP contribution is 2.20. The lowest BCUT2D eigenvalue weighted by Gasteiger charge is -2.21. The summed E-state index contributed by atoms with van der Waals surface area (Å²) >= 11 is 0. The van der Waals surface area contributed by atoms with Crippen molar-refractivity contribution in [2.24, 2.45) is 5.92 Å². The van der Waals surface area contributed by atoms with Crippen molar-refractivity contribution < 1.29 is 14.3 Å². The average molecular weight is 542 g/mol. The minimum Gasteiger partial charge on any atom is -0.377 e. The molecule has 10 heteroatoms. The summed E-state index contributed by atoms with van der Waals surface area (Å²) < 4.78 is 11.2. The van der Waals surface area contributed by atoms with Crippen molar-refractivity contribution in [1.82, 2.24) is 20.3 Å². The van der Waals surface area contributed by atoms with Crippen LogP contribution in [0.3, 0.4) is 0 Å². The molecule has 39 heavy (non-hydrogen) atoms. The van der Waals surface area contributed by atoms with E-state index in [1.54, 1.807) is 12.1 Å². The van der Waals surface area contributed by atoms with Crippen LogP contribution in [0.15, 0.2) is 30.3 Å².